The van der Waals surface area contributed by atoms with Crippen LogP contribution in [0.5, 0.6) is 17.2 Å². The van der Waals surface area contributed by atoms with E-state index in [0.29, 0.717) is 5.75 Å². The van der Waals surface area contributed by atoms with E-state index in [1.165, 1.54) is 37.8 Å². The second-order valence-electron chi connectivity index (χ2n) is 8.38. The first-order chi connectivity index (χ1) is 17.9. The van der Waals surface area contributed by atoms with Gasteiger partial charge in [0.2, 0.25) is 15.9 Å². The zero-order chi connectivity index (χ0) is 26.4. The molecule has 0 atom stereocenters. The maximum atomic E-state index is 13.5. The highest BCUT2D eigenvalue weighted by Crippen LogP contribution is 2.38. The van der Waals surface area contributed by atoms with Crippen molar-refractivity contribution in [1.82, 2.24) is 9.21 Å². The third kappa shape index (κ3) is 5.63. The third-order valence-corrected chi connectivity index (χ3v) is 8.20. The molecule has 194 valence electrons. The number of benzene rings is 3. The quantitative estimate of drug-likeness (QED) is 0.420. The van der Waals surface area contributed by atoms with Crippen LogP contribution in [0.4, 0.5) is 0 Å². The minimum atomic E-state index is -3.90. The van der Waals surface area contributed by atoms with Gasteiger partial charge < -0.3 is 19.1 Å². The summed E-state index contributed by atoms with van der Waals surface area (Å²) in [6.45, 7) is 0.846. The average Bonchev–Trinajstić information content (AvgIpc) is 2.95. The molecule has 3 aromatic rings. The molecule has 8 nitrogen and oxygen atoms in total. The van der Waals surface area contributed by atoms with Gasteiger partial charge in [-0.15, -0.1) is 0 Å². The summed E-state index contributed by atoms with van der Waals surface area (Å²) in [6.07, 6.45) is 1.63. The summed E-state index contributed by atoms with van der Waals surface area (Å²) in [5.74, 6) is 0.654. The number of hydrogen-bond donors (Lipinski definition) is 0. The largest absolute Gasteiger partial charge is 0.495 e. The van der Waals surface area contributed by atoms with Crippen LogP contribution in [-0.2, 0) is 14.8 Å². The van der Waals surface area contributed by atoms with Crippen molar-refractivity contribution in [2.75, 3.05) is 47.5 Å². The van der Waals surface area contributed by atoms with E-state index in [1.807, 2.05) is 60.7 Å². The number of hydrogen-bond acceptors (Lipinski definition) is 6. The van der Waals surface area contributed by atoms with E-state index in [4.69, 9.17) is 14.2 Å². The third-order valence-electron chi connectivity index (χ3n) is 6.28. The Morgan fingerprint density at radius 1 is 0.730 bits per heavy atom. The maximum Gasteiger partial charge on any atom is 0.247 e. The zero-order valence-corrected chi connectivity index (χ0v) is 21.9. The standard InChI is InChI=1S/C28H30N2O6S/c1-34-24-19-26(36-3)27(20-25(24)35-2)37(32,33)30-16-14-29(15-17-30)28(31)18-23(21-10-6-4-7-11-21)22-12-8-5-9-13-22/h4-13,18-20H,14-17H2,1-3H3. The van der Waals surface area contributed by atoms with E-state index in [1.54, 1.807) is 11.0 Å². The fourth-order valence-electron chi connectivity index (χ4n) is 4.27. The van der Waals surface area contributed by atoms with Crippen LogP contribution in [0.25, 0.3) is 5.57 Å². The van der Waals surface area contributed by atoms with Crippen molar-refractivity contribution in [3.05, 3.63) is 90.0 Å². The van der Waals surface area contributed by atoms with Gasteiger partial charge in [-0.1, -0.05) is 60.7 Å². The number of carbonyl (C=O) groups is 1. The molecule has 1 heterocycles. The van der Waals surface area contributed by atoms with Crippen molar-refractivity contribution in [1.29, 1.82) is 0 Å². The van der Waals surface area contributed by atoms with E-state index < -0.39 is 10.0 Å². The molecule has 1 fully saturated rings. The van der Waals surface area contributed by atoms with Crippen LogP contribution < -0.4 is 14.2 Å². The van der Waals surface area contributed by atoms with Crippen LogP contribution in [0.3, 0.4) is 0 Å². The Balaban J connectivity index is 1.54. The molecule has 0 spiro atoms. The first-order valence-corrected chi connectivity index (χ1v) is 13.2. The number of sulfonamides is 1. The number of rotatable bonds is 8. The Morgan fingerprint density at radius 3 is 1.70 bits per heavy atom. The van der Waals surface area contributed by atoms with Gasteiger partial charge in [0.15, 0.2) is 11.5 Å². The SMILES string of the molecule is COc1cc(OC)c(S(=O)(=O)N2CCN(C(=O)C=C(c3ccccc3)c3ccccc3)CC2)cc1OC. The lowest BCUT2D eigenvalue weighted by atomic mass is 9.97. The van der Waals surface area contributed by atoms with E-state index >= 15 is 0 Å². The monoisotopic (exact) mass is 522 g/mol. The summed E-state index contributed by atoms with van der Waals surface area (Å²) >= 11 is 0. The molecular formula is C28H30N2O6S. The Morgan fingerprint density at radius 2 is 1.22 bits per heavy atom. The van der Waals surface area contributed by atoms with Crippen molar-refractivity contribution in [2.24, 2.45) is 0 Å². The van der Waals surface area contributed by atoms with Gasteiger partial charge in [0.1, 0.15) is 10.6 Å². The molecule has 1 aliphatic heterocycles. The number of amides is 1. The predicted octanol–water partition coefficient (Wildman–Crippen LogP) is 3.68. The van der Waals surface area contributed by atoms with Gasteiger partial charge in [-0.05, 0) is 16.7 Å². The molecule has 0 bridgehead atoms. The van der Waals surface area contributed by atoms with Crippen LogP contribution in [0.1, 0.15) is 11.1 Å². The van der Waals surface area contributed by atoms with Crippen LogP contribution >= 0.6 is 0 Å². The normalized spacial score (nSPS) is 14.1. The molecule has 0 saturated carbocycles. The zero-order valence-electron chi connectivity index (χ0n) is 21.1. The molecular weight excluding hydrogens is 492 g/mol. The Kier molecular flexibility index (Phi) is 8.15. The molecule has 3 aromatic carbocycles. The number of ether oxygens (including phenoxy) is 3. The summed E-state index contributed by atoms with van der Waals surface area (Å²) < 4.78 is 44.2. The second kappa shape index (κ2) is 11.5. The molecule has 1 amide bonds. The molecule has 1 aliphatic rings. The van der Waals surface area contributed by atoms with Crippen molar-refractivity contribution in [2.45, 2.75) is 4.90 Å². The van der Waals surface area contributed by atoms with E-state index in [-0.39, 0.29) is 48.5 Å². The minimum Gasteiger partial charge on any atom is -0.495 e. The van der Waals surface area contributed by atoms with Gasteiger partial charge >= 0.3 is 0 Å². The molecule has 0 aromatic heterocycles. The van der Waals surface area contributed by atoms with Crippen LogP contribution in [-0.4, -0.2) is 71.0 Å². The highest BCUT2D eigenvalue weighted by molar-refractivity contribution is 7.89. The lowest BCUT2D eigenvalue weighted by Crippen LogP contribution is -2.50. The maximum absolute atomic E-state index is 13.5. The summed E-state index contributed by atoms with van der Waals surface area (Å²) in [5.41, 5.74) is 2.68. The summed E-state index contributed by atoms with van der Waals surface area (Å²) in [7, 11) is 0.414. The van der Waals surface area contributed by atoms with Gasteiger partial charge in [-0.2, -0.15) is 4.31 Å². The topological polar surface area (TPSA) is 85.4 Å². The highest BCUT2D eigenvalue weighted by atomic mass is 32.2. The first kappa shape index (κ1) is 26.2. The smallest absolute Gasteiger partial charge is 0.247 e. The number of piperazine rings is 1. The second-order valence-corrected chi connectivity index (χ2v) is 10.3. The fraction of sp³-hybridized carbons (Fsp3) is 0.250. The van der Waals surface area contributed by atoms with Gasteiger partial charge in [0, 0.05) is 44.4 Å². The van der Waals surface area contributed by atoms with E-state index in [0.717, 1.165) is 16.7 Å². The van der Waals surface area contributed by atoms with Gasteiger partial charge in [-0.3, -0.25) is 4.79 Å². The summed E-state index contributed by atoms with van der Waals surface area (Å²) in [4.78, 5) is 14.9. The van der Waals surface area contributed by atoms with Gasteiger partial charge in [0.25, 0.3) is 0 Å². The van der Waals surface area contributed by atoms with Gasteiger partial charge in [-0.25, -0.2) is 8.42 Å². The molecule has 0 radical (unpaired) electrons. The number of nitrogens with zero attached hydrogens (tertiary/aromatic N) is 2. The summed E-state index contributed by atoms with van der Waals surface area (Å²) in [5, 5.41) is 0. The van der Waals surface area contributed by atoms with E-state index in [9.17, 15) is 13.2 Å². The molecule has 0 unspecified atom stereocenters. The van der Waals surface area contributed by atoms with Gasteiger partial charge in [0.05, 0.1) is 21.3 Å². The predicted molar refractivity (Wildman–Crippen MR) is 141 cm³/mol. The van der Waals surface area contributed by atoms with E-state index in [2.05, 4.69) is 0 Å². The van der Waals surface area contributed by atoms with Crippen LogP contribution in [0.15, 0.2) is 83.8 Å². The molecule has 0 N–H and O–H groups in total. The average molecular weight is 523 g/mol. The molecule has 0 aliphatic carbocycles. The molecule has 9 heteroatoms. The molecule has 37 heavy (non-hydrogen) atoms. The lowest BCUT2D eigenvalue weighted by molar-refractivity contribution is -0.127. The molecule has 1 saturated heterocycles. The van der Waals surface area contributed by atoms with Crippen molar-refractivity contribution in [3.8, 4) is 17.2 Å². The van der Waals surface area contributed by atoms with Crippen molar-refractivity contribution >= 4 is 21.5 Å². The number of carbonyl (C=O) groups excluding carboxylic acids is 1. The van der Waals surface area contributed by atoms with Crippen LogP contribution in [0, 0.1) is 0 Å². The lowest BCUT2D eigenvalue weighted by Gasteiger charge is -2.34. The van der Waals surface area contributed by atoms with Crippen molar-refractivity contribution < 1.29 is 27.4 Å². The Labute approximate surface area is 217 Å². The highest BCUT2D eigenvalue weighted by Gasteiger charge is 2.33. The summed E-state index contributed by atoms with van der Waals surface area (Å²) in [6, 6.07) is 22.4. The first-order valence-electron chi connectivity index (χ1n) is 11.8. The fourth-order valence-corrected chi connectivity index (χ4v) is 5.85. The molecule has 4 rings (SSSR count). The Hall–Kier alpha value is -3.82. The number of methoxy groups -OCH3 is 3. The Bertz CT molecular complexity index is 1330. The van der Waals surface area contributed by atoms with Crippen molar-refractivity contribution in [3.63, 3.8) is 0 Å². The van der Waals surface area contributed by atoms with Crippen LogP contribution in [0.2, 0.25) is 0 Å². The minimum absolute atomic E-state index is 0.0113.